The van der Waals surface area contributed by atoms with Gasteiger partial charge in [0.05, 0.1) is 4.90 Å². The monoisotopic (exact) mass is 356 g/mol. The number of benzene rings is 1. The van der Waals surface area contributed by atoms with Crippen LogP contribution in [0.15, 0.2) is 23.1 Å². The van der Waals surface area contributed by atoms with Crippen molar-refractivity contribution in [3.8, 4) is 11.5 Å². The molecule has 2 N–H and O–H groups in total. The van der Waals surface area contributed by atoms with E-state index in [1.165, 1.54) is 4.31 Å². The summed E-state index contributed by atoms with van der Waals surface area (Å²) in [5.74, 6) is 1.08. The molecule has 0 saturated heterocycles. The van der Waals surface area contributed by atoms with Crippen LogP contribution in [0.4, 0.5) is 0 Å². The number of hydrogen-bond donors (Lipinski definition) is 1. The lowest BCUT2D eigenvalue weighted by Crippen LogP contribution is -2.39. The molecular formula is C17H28N2O4S. The van der Waals surface area contributed by atoms with E-state index in [-0.39, 0.29) is 10.3 Å². The molecule has 0 amide bonds. The van der Waals surface area contributed by atoms with E-state index in [4.69, 9.17) is 15.2 Å². The molecule has 0 radical (unpaired) electrons. The minimum atomic E-state index is -3.58. The van der Waals surface area contributed by atoms with Crippen LogP contribution in [0.5, 0.6) is 11.5 Å². The van der Waals surface area contributed by atoms with Gasteiger partial charge in [0.15, 0.2) is 11.5 Å². The zero-order valence-electron chi connectivity index (χ0n) is 14.7. The summed E-state index contributed by atoms with van der Waals surface area (Å²) in [6.07, 6.45) is 1.77. The Morgan fingerprint density at radius 3 is 2.50 bits per heavy atom. The summed E-state index contributed by atoms with van der Waals surface area (Å²) in [4.78, 5) is 0.239. The molecule has 1 aliphatic heterocycles. The fraction of sp³-hybridized carbons (Fsp3) is 0.647. The van der Waals surface area contributed by atoms with Crippen molar-refractivity contribution in [1.82, 2.24) is 4.31 Å². The molecule has 0 fully saturated rings. The molecule has 0 spiro atoms. The van der Waals surface area contributed by atoms with Gasteiger partial charge in [-0.25, -0.2) is 8.42 Å². The summed E-state index contributed by atoms with van der Waals surface area (Å²) in [6.45, 7) is 8.41. The van der Waals surface area contributed by atoms with Crippen LogP contribution in [0.3, 0.4) is 0 Å². The minimum Gasteiger partial charge on any atom is -0.486 e. The Labute approximate surface area is 145 Å². The van der Waals surface area contributed by atoms with Crippen LogP contribution >= 0.6 is 0 Å². The van der Waals surface area contributed by atoms with Gasteiger partial charge < -0.3 is 15.2 Å². The van der Waals surface area contributed by atoms with Gasteiger partial charge in [-0.2, -0.15) is 4.31 Å². The summed E-state index contributed by atoms with van der Waals surface area (Å²) in [6, 6.07) is 4.80. The molecule has 136 valence electrons. The molecule has 0 aromatic heterocycles. The lowest BCUT2D eigenvalue weighted by molar-refractivity contribution is 0.171. The van der Waals surface area contributed by atoms with Crippen molar-refractivity contribution < 1.29 is 17.9 Å². The van der Waals surface area contributed by atoms with Gasteiger partial charge in [-0.05, 0) is 36.9 Å². The van der Waals surface area contributed by atoms with Crippen LogP contribution < -0.4 is 15.2 Å². The van der Waals surface area contributed by atoms with E-state index in [1.807, 2.05) is 6.92 Å². The smallest absolute Gasteiger partial charge is 0.243 e. The number of rotatable bonds is 8. The summed E-state index contributed by atoms with van der Waals surface area (Å²) < 4.78 is 38.5. The average Bonchev–Trinajstić information content (AvgIpc) is 2.57. The first kappa shape index (κ1) is 19.0. The van der Waals surface area contributed by atoms with E-state index in [0.29, 0.717) is 44.3 Å². The molecule has 0 aliphatic carbocycles. The van der Waals surface area contributed by atoms with Gasteiger partial charge in [-0.1, -0.05) is 20.8 Å². The number of nitrogens with two attached hydrogens (primary N) is 1. The third kappa shape index (κ3) is 4.40. The lowest BCUT2D eigenvalue weighted by atomic mass is 9.88. The van der Waals surface area contributed by atoms with Crippen molar-refractivity contribution in [1.29, 1.82) is 0 Å². The first-order chi connectivity index (χ1) is 11.3. The highest BCUT2D eigenvalue weighted by Crippen LogP contribution is 2.34. The number of ether oxygens (including phenoxy) is 2. The molecule has 1 heterocycles. The quantitative estimate of drug-likeness (QED) is 0.772. The Balaban J connectivity index is 2.23. The molecule has 0 saturated carbocycles. The van der Waals surface area contributed by atoms with Crippen molar-refractivity contribution in [3.63, 3.8) is 0 Å². The van der Waals surface area contributed by atoms with Crippen LogP contribution in [0, 0.1) is 5.41 Å². The lowest BCUT2D eigenvalue weighted by Gasteiger charge is -2.31. The van der Waals surface area contributed by atoms with Gasteiger partial charge in [-0.3, -0.25) is 0 Å². The van der Waals surface area contributed by atoms with E-state index in [2.05, 4.69) is 13.8 Å². The summed E-state index contributed by atoms with van der Waals surface area (Å²) >= 11 is 0. The highest BCUT2D eigenvalue weighted by molar-refractivity contribution is 7.89. The average molecular weight is 356 g/mol. The van der Waals surface area contributed by atoms with Crippen molar-refractivity contribution >= 4 is 10.0 Å². The van der Waals surface area contributed by atoms with E-state index < -0.39 is 10.0 Å². The Hall–Kier alpha value is -1.31. The van der Waals surface area contributed by atoms with Gasteiger partial charge in [0.2, 0.25) is 10.0 Å². The van der Waals surface area contributed by atoms with Gasteiger partial charge >= 0.3 is 0 Å². The molecular weight excluding hydrogens is 328 g/mol. The second-order valence-electron chi connectivity index (χ2n) is 6.79. The van der Waals surface area contributed by atoms with Crippen LogP contribution in [0.25, 0.3) is 0 Å². The molecule has 1 aliphatic rings. The maximum Gasteiger partial charge on any atom is 0.243 e. The topological polar surface area (TPSA) is 81.9 Å². The first-order valence-corrected chi connectivity index (χ1v) is 9.84. The zero-order valence-corrected chi connectivity index (χ0v) is 15.6. The molecule has 24 heavy (non-hydrogen) atoms. The van der Waals surface area contributed by atoms with Crippen LogP contribution in [0.2, 0.25) is 0 Å². The van der Waals surface area contributed by atoms with E-state index in [1.54, 1.807) is 18.2 Å². The van der Waals surface area contributed by atoms with Gasteiger partial charge in [-0.15, -0.1) is 0 Å². The maximum absolute atomic E-state index is 13.0. The fourth-order valence-corrected chi connectivity index (χ4v) is 4.49. The fourth-order valence-electron chi connectivity index (χ4n) is 2.84. The Morgan fingerprint density at radius 1 is 1.21 bits per heavy atom. The van der Waals surface area contributed by atoms with E-state index in [0.717, 1.165) is 12.8 Å². The number of sulfonamides is 1. The largest absolute Gasteiger partial charge is 0.486 e. The molecule has 7 heteroatoms. The second kappa shape index (κ2) is 7.72. The minimum absolute atomic E-state index is 0.129. The predicted octanol–water partition coefficient (Wildman–Crippen LogP) is 2.23. The predicted molar refractivity (Wildman–Crippen MR) is 93.9 cm³/mol. The zero-order chi connectivity index (χ0) is 17.8. The number of hydrogen-bond acceptors (Lipinski definition) is 5. The standard InChI is InChI=1S/C17H28N2O4S/c1-4-19(13-17(2,3)8-5-9-18)24(20,21)14-6-7-15-16(12-14)23-11-10-22-15/h6-7,12H,4-5,8-11,13,18H2,1-3H3. The van der Waals surface area contributed by atoms with Crippen LogP contribution in [-0.2, 0) is 10.0 Å². The highest BCUT2D eigenvalue weighted by Gasteiger charge is 2.30. The van der Waals surface area contributed by atoms with Crippen molar-refractivity contribution in [3.05, 3.63) is 18.2 Å². The number of nitrogens with zero attached hydrogens (tertiary/aromatic N) is 1. The van der Waals surface area contributed by atoms with Crippen molar-refractivity contribution in [2.24, 2.45) is 11.1 Å². The molecule has 0 atom stereocenters. The van der Waals surface area contributed by atoms with Crippen molar-refractivity contribution in [2.75, 3.05) is 32.8 Å². The Kier molecular flexibility index (Phi) is 6.11. The Morgan fingerprint density at radius 2 is 1.88 bits per heavy atom. The maximum atomic E-state index is 13.0. The summed E-state index contributed by atoms with van der Waals surface area (Å²) in [5, 5.41) is 0. The SMILES string of the molecule is CCN(CC(C)(C)CCCN)S(=O)(=O)c1ccc2c(c1)OCCO2. The van der Waals surface area contributed by atoms with E-state index >= 15 is 0 Å². The third-order valence-electron chi connectivity index (χ3n) is 4.17. The van der Waals surface area contributed by atoms with Gasteiger partial charge in [0.1, 0.15) is 13.2 Å². The summed E-state index contributed by atoms with van der Waals surface area (Å²) in [7, 11) is -3.58. The number of fused-ring (bicyclic) bond motifs is 1. The summed E-state index contributed by atoms with van der Waals surface area (Å²) in [5.41, 5.74) is 5.45. The van der Waals surface area contributed by atoms with Gasteiger partial charge in [0, 0.05) is 19.2 Å². The highest BCUT2D eigenvalue weighted by atomic mass is 32.2. The Bertz CT molecular complexity index is 659. The molecule has 0 bridgehead atoms. The second-order valence-corrected chi connectivity index (χ2v) is 8.73. The van der Waals surface area contributed by atoms with Crippen LogP contribution in [-0.4, -0.2) is 45.6 Å². The third-order valence-corrected chi connectivity index (χ3v) is 6.08. The normalized spacial score (nSPS) is 14.9. The van der Waals surface area contributed by atoms with E-state index in [9.17, 15) is 8.42 Å². The molecule has 1 aromatic carbocycles. The van der Waals surface area contributed by atoms with Gasteiger partial charge in [0.25, 0.3) is 0 Å². The molecule has 2 rings (SSSR count). The molecule has 6 nitrogen and oxygen atoms in total. The molecule has 0 unspecified atom stereocenters. The molecule has 1 aromatic rings. The van der Waals surface area contributed by atoms with Crippen molar-refractivity contribution in [2.45, 2.75) is 38.5 Å². The van der Waals surface area contributed by atoms with Crippen LogP contribution in [0.1, 0.15) is 33.6 Å². The first-order valence-electron chi connectivity index (χ1n) is 8.40.